The molecule has 1 unspecified atom stereocenters. The third-order valence-corrected chi connectivity index (χ3v) is 3.25. The highest BCUT2D eigenvalue weighted by Gasteiger charge is 2.05. The first-order valence-corrected chi connectivity index (χ1v) is 6.45. The van der Waals surface area contributed by atoms with Gasteiger partial charge in [-0.05, 0) is 47.9 Å². The Morgan fingerprint density at radius 3 is 3.00 bits per heavy atom. The summed E-state index contributed by atoms with van der Waals surface area (Å²) >= 11 is 1.72. The van der Waals surface area contributed by atoms with Crippen molar-refractivity contribution in [2.75, 3.05) is 0 Å². The minimum absolute atomic E-state index is 0.368. The van der Waals surface area contributed by atoms with Crippen LogP contribution in [0.5, 0.6) is 0 Å². The van der Waals surface area contributed by atoms with E-state index < -0.39 is 0 Å². The van der Waals surface area contributed by atoms with Gasteiger partial charge in [0.2, 0.25) is 5.76 Å². The lowest BCUT2D eigenvalue weighted by Gasteiger charge is -2.11. The first-order chi connectivity index (χ1) is 8.28. The quantitative estimate of drug-likeness (QED) is 0.882. The van der Waals surface area contributed by atoms with Crippen LogP contribution in [0.25, 0.3) is 0 Å². The molecule has 2 aromatic heterocycles. The molecular formula is C13H14N2OS. The molecule has 0 aliphatic rings. The maximum Gasteiger partial charge on any atom is 0.203 e. The van der Waals surface area contributed by atoms with E-state index in [0.717, 1.165) is 12.2 Å². The second-order valence-electron chi connectivity index (χ2n) is 4.00. The third-order valence-electron chi connectivity index (χ3n) is 2.52. The van der Waals surface area contributed by atoms with Crippen molar-refractivity contribution in [2.45, 2.75) is 25.9 Å². The molecule has 4 heteroatoms. The van der Waals surface area contributed by atoms with Crippen molar-refractivity contribution in [3.05, 3.63) is 46.0 Å². The van der Waals surface area contributed by atoms with Crippen LogP contribution in [-0.2, 0) is 13.0 Å². The van der Waals surface area contributed by atoms with Crippen LogP contribution in [0.3, 0.4) is 0 Å². The Morgan fingerprint density at radius 2 is 2.35 bits per heavy atom. The minimum atomic E-state index is 0.368. The van der Waals surface area contributed by atoms with E-state index in [2.05, 4.69) is 29.1 Å². The molecule has 0 amide bonds. The molecule has 88 valence electrons. The van der Waals surface area contributed by atoms with Crippen LogP contribution in [0.2, 0.25) is 0 Å². The number of furan rings is 1. The van der Waals surface area contributed by atoms with Crippen LogP contribution in [0.15, 0.2) is 33.4 Å². The molecule has 0 aromatic carbocycles. The van der Waals surface area contributed by atoms with Crippen molar-refractivity contribution in [1.29, 1.82) is 5.26 Å². The van der Waals surface area contributed by atoms with Gasteiger partial charge in [0, 0.05) is 6.04 Å². The van der Waals surface area contributed by atoms with Crippen LogP contribution in [0.1, 0.15) is 24.0 Å². The summed E-state index contributed by atoms with van der Waals surface area (Å²) in [5, 5.41) is 16.3. The van der Waals surface area contributed by atoms with Crippen LogP contribution in [0, 0.1) is 11.3 Å². The Morgan fingerprint density at radius 1 is 1.47 bits per heavy atom. The van der Waals surface area contributed by atoms with Crippen molar-refractivity contribution in [2.24, 2.45) is 0 Å². The molecule has 0 aliphatic carbocycles. The summed E-state index contributed by atoms with van der Waals surface area (Å²) in [6, 6.07) is 8.04. The van der Waals surface area contributed by atoms with E-state index in [1.807, 2.05) is 12.1 Å². The number of nitrogens with zero attached hydrogens (tertiary/aromatic N) is 1. The van der Waals surface area contributed by atoms with Crippen molar-refractivity contribution in [3.63, 3.8) is 0 Å². The fraction of sp³-hybridized carbons (Fsp3) is 0.308. The fourth-order valence-corrected chi connectivity index (χ4v) is 2.32. The Labute approximate surface area is 105 Å². The predicted molar refractivity (Wildman–Crippen MR) is 67.7 cm³/mol. The Kier molecular flexibility index (Phi) is 3.97. The number of nitriles is 1. The van der Waals surface area contributed by atoms with Gasteiger partial charge in [-0.25, -0.2) is 0 Å². The fourth-order valence-electron chi connectivity index (χ4n) is 1.64. The average molecular weight is 246 g/mol. The zero-order chi connectivity index (χ0) is 12.1. The van der Waals surface area contributed by atoms with E-state index >= 15 is 0 Å². The summed E-state index contributed by atoms with van der Waals surface area (Å²) in [7, 11) is 0. The van der Waals surface area contributed by atoms with Crippen LogP contribution >= 0.6 is 11.3 Å². The average Bonchev–Trinajstić information content (AvgIpc) is 2.96. The predicted octanol–water partition coefficient (Wildman–Crippen LogP) is 2.93. The summed E-state index contributed by atoms with van der Waals surface area (Å²) in [5.74, 6) is 1.17. The first kappa shape index (κ1) is 11.9. The standard InChI is InChI=1S/C13H14N2OS/c1-10(6-11-4-5-17-9-11)15-8-13-3-2-12(7-14)16-13/h2-5,9-10,15H,6,8H2,1H3. The maximum atomic E-state index is 8.64. The van der Waals surface area contributed by atoms with Gasteiger partial charge in [0.15, 0.2) is 0 Å². The molecule has 1 N–H and O–H groups in total. The summed E-state index contributed by atoms with van der Waals surface area (Å²) in [5.41, 5.74) is 1.35. The van der Waals surface area contributed by atoms with Crippen molar-refractivity contribution in [3.8, 4) is 6.07 Å². The lowest BCUT2D eigenvalue weighted by atomic mass is 10.1. The molecule has 3 nitrogen and oxygen atoms in total. The van der Waals surface area contributed by atoms with E-state index in [1.165, 1.54) is 5.56 Å². The lowest BCUT2D eigenvalue weighted by Crippen LogP contribution is -2.27. The zero-order valence-corrected chi connectivity index (χ0v) is 10.5. The van der Waals surface area contributed by atoms with Gasteiger partial charge >= 0.3 is 0 Å². The maximum absolute atomic E-state index is 8.64. The number of hydrogen-bond acceptors (Lipinski definition) is 4. The van der Waals surface area contributed by atoms with Gasteiger partial charge in [-0.15, -0.1) is 0 Å². The molecule has 1 atom stereocenters. The smallest absolute Gasteiger partial charge is 0.203 e. The molecular weight excluding hydrogens is 232 g/mol. The van der Waals surface area contributed by atoms with Crippen molar-refractivity contribution >= 4 is 11.3 Å². The molecule has 0 radical (unpaired) electrons. The lowest BCUT2D eigenvalue weighted by molar-refractivity contribution is 0.447. The zero-order valence-electron chi connectivity index (χ0n) is 9.64. The second-order valence-corrected chi connectivity index (χ2v) is 4.78. The molecule has 0 saturated carbocycles. The van der Waals surface area contributed by atoms with Gasteiger partial charge in [-0.3, -0.25) is 0 Å². The van der Waals surface area contributed by atoms with Gasteiger partial charge in [-0.1, -0.05) is 0 Å². The van der Waals surface area contributed by atoms with E-state index in [9.17, 15) is 0 Å². The van der Waals surface area contributed by atoms with Crippen LogP contribution < -0.4 is 5.32 Å². The SMILES string of the molecule is CC(Cc1ccsc1)NCc1ccc(C#N)o1. The van der Waals surface area contributed by atoms with E-state index in [-0.39, 0.29) is 0 Å². The Bertz CT molecular complexity index is 496. The Balaban J connectivity index is 1.80. The molecule has 0 spiro atoms. The van der Waals surface area contributed by atoms with Crippen LogP contribution in [0.4, 0.5) is 0 Å². The number of thiophene rings is 1. The molecule has 0 aliphatic heterocycles. The molecule has 0 bridgehead atoms. The summed E-state index contributed by atoms with van der Waals surface area (Å²) < 4.78 is 5.30. The summed E-state index contributed by atoms with van der Waals surface area (Å²) in [6.45, 7) is 2.80. The van der Waals surface area contributed by atoms with Gasteiger partial charge in [0.05, 0.1) is 6.54 Å². The molecule has 2 aromatic rings. The topological polar surface area (TPSA) is 49.0 Å². The summed E-state index contributed by atoms with van der Waals surface area (Å²) in [6.07, 6.45) is 1.01. The largest absolute Gasteiger partial charge is 0.449 e. The van der Waals surface area contributed by atoms with E-state index in [4.69, 9.17) is 9.68 Å². The molecule has 0 fully saturated rings. The van der Waals surface area contributed by atoms with Gasteiger partial charge < -0.3 is 9.73 Å². The number of rotatable bonds is 5. The molecule has 2 heterocycles. The van der Waals surface area contributed by atoms with Crippen LogP contribution in [-0.4, -0.2) is 6.04 Å². The van der Waals surface area contributed by atoms with Crippen molar-refractivity contribution < 1.29 is 4.42 Å². The van der Waals surface area contributed by atoms with E-state index in [0.29, 0.717) is 18.3 Å². The highest BCUT2D eigenvalue weighted by Crippen LogP contribution is 2.10. The monoisotopic (exact) mass is 246 g/mol. The van der Waals surface area contributed by atoms with Gasteiger partial charge in [0.1, 0.15) is 11.8 Å². The number of hydrogen-bond donors (Lipinski definition) is 1. The van der Waals surface area contributed by atoms with Gasteiger partial charge in [-0.2, -0.15) is 16.6 Å². The molecule has 17 heavy (non-hydrogen) atoms. The first-order valence-electron chi connectivity index (χ1n) is 5.51. The highest BCUT2D eigenvalue weighted by atomic mass is 32.1. The van der Waals surface area contributed by atoms with E-state index in [1.54, 1.807) is 17.4 Å². The summed E-state index contributed by atoms with van der Waals surface area (Å²) in [4.78, 5) is 0. The van der Waals surface area contributed by atoms with Gasteiger partial charge in [0.25, 0.3) is 0 Å². The second kappa shape index (κ2) is 5.67. The normalized spacial score (nSPS) is 12.2. The Hall–Kier alpha value is -1.57. The number of nitrogens with one attached hydrogen (secondary N) is 1. The third kappa shape index (κ3) is 3.45. The minimum Gasteiger partial charge on any atom is -0.449 e. The highest BCUT2D eigenvalue weighted by molar-refractivity contribution is 7.07. The molecule has 2 rings (SSSR count). The van der Waals surface area contributed by atoms with Crippen molar-refractivity contribution in [1.82, 2.24) is 5.32 Å². The molecule has 0 saturated heterocycles.